The average Bonchev–Trinajstić information content (AvgIpc) is 2.47. The van der Waals surface area contributed by atoms with E-state index >= 15 is 0 Å². The standard InChI is InChI=1S/C19H25NO.ClH/c1-4-8-18(20)17-11-14(2)19(15(3)12-17)21-13-16-9-6-5-7-10-16;/h5-7,9-12,18H,4,8,13,20H2,1-3H3;1H/t18-;/m0./s1. The molecule has 0 saturated heterocycles. The zero-order valence-corrected chi connectivity index (χ0v) is 14.5. The highest BCUT2D eigenvalue weighted by atomic mass is 35.5. The van der Waals surface area contributed by atoms with Crippen LogP contribution in [0.25, 0.3) is 0 Å². The summed E-state index contributed by atoms with van der Waals surface area (Å²) < 4.78 is 6.01. The van der Waals surface area contributed by atoms with Crippen LogP contribution in [-0.4, -0.2) is 0 Å². The van der Waals surface area contributed by atoms with Gasteiger partial charge in [-0.25, -0.2) is 0 Å². The second-order valence-corrected chi connectivity index (χ2v) is 5.65. The molecule has 0 bridgehead atoms. The van der Waals surface area contributed by atoms with Crippen LogP contribution >= 0.6 is 12.4 Å². The molecule has 2 rings (SSSR count). The lowest BCUT2D eigenvalue weighted by Gasteiger charge is -2.17. The Morgan fingerprint density at radius 1 is 1.05 bits per heavy atom. The van der Waals surface area contributed by atoms with E-state index in [2.05, 4.69) is 45.0 Å². The molecule has 0 saturated carbocycles. The maximum atomic E-state index is 6.22. The monoisotopic (exact) mass is 319 g/mol. The van der Waals surface area contributed by atoms with Crippen LogP contribution in [0.15, 0.2) is 42.5 Å². The zero-order chi connectivity index (χ0) is 15.2. The highest BCUT2D eigenvalue weighted by Crippen LogP contribution is 2.28. The lowest BCUT2D eigenvalue weighted by atomic mass is 9.98. The highest BCUT2D eigenvalue weighted by Gasteiger charge is 2.11. The van der Waals surface area contributed by atoms with Gasteiger partial charge in [0.2, 0.25) is 0 Å². The molecule has 120 valence electrons. The van der Waals surface area contributed by atoms with Crippen LogP contribution in [-0.2, 0) is 6.61 Å². The first kappa shape index (κ1) is 18.5. The molecule has 3 heteroatoms. The van der Waals surface area contributed by atoms with E-state index in [9.17, 15) is 0 Å². The van der Waals surface area contributed by atoms with Crippen LogP contribution < -0.4 is 10.5 Å². The normalized spacial score (nSPS) is 11.6. The van der Waals surface area contributed by atoms with Gasteiger partial charge in [-0.15, -0.1) is 12.4 Å². The van der Waals surface area contributed by atoms with E-state index in [1.165, 1.54) is 11.1 Å². The summed E-state index contributed by atoms with van der Waals surface area (Å²) in [4.78, 5) is 0. The molecule has 0 aliphatic heterocycles. The molecule has 1 atom stereocenters. The van der Waals surface area contributed by atoms with Crippen molar-refractivity contribution in [3.8, 4) is 5.75 Å². The van der Waals surface area contributed by atoms with Gasteiger partial charge in [0.15, 0.2) is 0 Å². The van der Waals surface area contributed by atoms with E-state index in [1.807, 2.05) is 18.2 Å². The van der Waals surface area contributed by atoms with Crippen LogP contribution in [0.5, 0.6) is 5.75 Å². The number of rotatable bonds is 6. The fraction of sp³-hybridized carbons (Fsp3) is 0.368. The number of hydrogen-bond acceptors (Lipinski definition) is 2. The number of nitrogens with two attached hydrogens (primary N) is 1. The molecule has 0 aliphatic carbocycles. The highest BCUT2D eigenvalue weighted by molar-refractivity contribution is 5.85. The first-order valence-electron chi connectivity index (χ1n) is 7.65. The van der Waals surface area contributed by atoms with Crippen molar-refractivity contribution in [3.05, 3.63) is 64.7 Å². The van der Waals surface area contributed by atoms with Gasteiger partial charge >= 0.3 is 0 Å². The summed E-state index contributed by atoms with van der Waals surface area (Å²) >= 11 is 0. The smallest absolute Gasteiger partial charge is 0.125 e. The second-order valence-electron chi connectivity index (χ2n) is 5.65. The number of hydrogen-bond donors (Lipinski definition) is 1. The topological polar surface area (TPSA) is 35.2 Å². The summed E-state index contributed by atoms with van der Waals surface area (Å²) in [6.07, 6.45) is 2.12. The molecule has 22 heavy (non-hydrogen) atoms. The van der Waals surface area contributed by atoms with Crippen LogP contribution in [0, 0.1) is 13.8 Å². The van der Waals surface area contributed by atoms with Crippen LogP contribution in [0.2, 0.25) is 0 Å². The van der Waals surface area contributed by atoms with Gasteiger partial charge in [0, 0.05) is 6.04 Å². The summed E-state index contributed by atoms with van der Waals surface area (Å²) in [6, 6.07) is 14.7. The van der Waals surface area contributed by atoms with Crippen LogP contribution in [0.4, 0.5) is 0 Å². The van der Waals surface area contributed by atoms with Gasteiger partial charge in [0.25, 0.3) is 0 Å². The van der Waals surface area contributed by atoms with Gasteiger partial charge in [-0.3, -0.25) is 0 Å². The molecule has 0 heterocycles. The van der Waals surface area contributed by atoms with Crippen molar-refractivity contribution in [2.75, 3.05) is 0 Å². The van der Waals surface area contributed by atoms with Crippen molar-refractivity contribution in [2.24, 2.45) is 5.73 Å². The Hall–Kier alpha value is -1.51. The summed E-state index contributed by atoms with van der Waals surface area (Å²) in [6.45, 7) is 6.95. The maximum Gasteiger partial charge on any atom is 0.125 e. The fourth-order valence-electron chi connectivity index (χ4n) is 2.63. The van der Waals surface area contributed by atoms with Gasteiger partial charge < -0.3 is 10.5 Å². The third-order valence-electron chi connectivity index (χ3n) is 3.74. The molecule has 2 aromatic carbocycles. The third-order valence-corrected chi connectivity index (χ3v) is 3.74. The van der Waals surface area contributed by atoms with Gasteiger partial charge in [0.05, 0.1) is 0 Å². The Kier molecular flexibility index (Phi) is 7.43. The van der Waals surface area contributed by atoms with E-state index < -0.39 is 0 Å². The van der Waals surface area contributed by atoms with Crippen molar-refractivity contribution in [1.29, 1.82) is 0 Å². The molecule has 0 amide bonds. The minimum atomic E-state index is 0. The van der Waals surface area contributed by atoms with E-state index in [-0.39, 0.29) is 18.4 Å². The third kappa shape index (κ3) is 4.75. The second kappa shape index (κ2) is 8.82. The quantitative estimate of drug-likeness (QED) is 0.803. The molecule has 0 fully saturated rings. The van der Waals surface area contributed by atoms with E-state index in [1.54, 1.807) is 0 Å². The SMILES string of the molecule is CCC[C@H](N)c1cc(C)c(OCc2ccccc2)c(C)c1.Cl. The lowest BCUT2D eigenvalue weighted by molar-refractivity contribution is 0.302. The van der Waals surface area contributed by atoms with E-state index in [4.69, 9.17) is 10.5 Å². The predicted molar refractivity (Wildman–Crippen MR) is 95.8 cm³/mol. The van der Waals surface area contributed by atoms with Crippen molar-refractivity contribution in [3.63, 3.8) is 0 Å². The first-order valence-corrected chi connectivity index (χ1v) is 7.65. The molecule has 0 aliphatic rings. The van der Waals surface area contributed by atoms with Gasteiger partial charge in [-0.2, -0.15) is 0 Å². The minimum Gasteiger partial charge on any atom is -0.488 e. The van der Waals surface area contributed by atoms with Crippen molar-refractivity contribution >= 4 is 12.4 Å². The Balaban J connectivity index is 0.00000242. The lowest BCUT2D eigenvalue weighted by Crippen LogP contribution is -2.11. The summed E-state index contributed by atoms with van der Waals surface area (Å²) in [5.41, 5.74) is 10.9. The summed E-state index contributed by atoms with van der Waals surface area (Å²) in [5, 5.41) is 0. The molecule has 0 spiro atoms. The average molecular weight is 320 g/mol. The van der Waals surface area contributed by atoms with E-state index in [0.29, 0.717) is 6.61 Å². The van der Waals surface area contributed by atoms with E-state index in [0.717, 1.165) is 29.7 Å². The van der Waals surface area contributed by atoms with Gasteiger partial charge in [0.1, 0.15) is 12.4 Å². The molecular formula is C19H26ClNO. The summed E-state index contributed by atoms with van der Waals surface area (Å²) in [7, 11) is 0. The molecule has 0 unspecified atom stereocenters. The minimum absolute atomic E-state index is 0. The molecule has 0 radical (unpaired) electrons. The maximum absolute atomic E-state index is 6.22. The molecular weight excluding hydrogens is 294 g/mol. The number of ether oxygens (including phenoxy) is 1. The van der Waals surface area contributed by atoms with Crippen molar-refractivity contribution in [2.45, 2.75) is 46.3 Å². The first-order chi connectivity index (χ1) is 10.1. The van der Waals surface area contributed by atoms with Crippen LogP contribution in [0.1, 0.15) is 48.1 Å². The van der Waals surface area contributed by atoms with Gasteiger partial charge in [-0.1, -0.05) is 55.8 Å². The molecule has 2 aromatic rings. The zero-order valence-electron chi connectivity index (χ0n) is 13.6. The predicted octanol–water partition coefficient (Wildman–Crippen LogP) is 5.10. The van der Waals surface area contributed by atoms with Crippen molar-refractivity contribution < 1.29 is 4.74 Å². The summed E-state index contributed by atoms with van der Waals surface area (Å²) in [5.74, 6) is 0.978. The Labute approximate surface area is 140 Å². The van der Waals surface area contributed by atoms with Crippen LogP contribution in [0.3, 0.4) is 0 Å². The Morgan fingerprint density at radius 3 is 2.18 bits per heavy atom. The largest absolute Gasteiger partial charge is 0.488 e. The number of benzene rings is 2. The van der Waals surface area contributed by atoms with Crippen molar-refractivity contribution in [1.82, 2.24) is 0 Å². The molecule has 0 aromatic heterocycles. The number of aryl methyl sites for hydroxylation is 2. The Bertz CT molecular complexity index is 560. The molecule has 2 nitrogen and oxygen atoms in total. The molecule has 2 N–H and O–H groups in total. The fourth-order valence-corrected chi connectivity index (χ4v) is 2.63. The van der Waals surface area contributed by atoms with Gasteiger partial charge in [-0.05, 0) is 42.5 Å². The Morgan fingerprint density at radius 2 is 1.64 bits per heavy atom. The number of halogens is 1.